The highest BCUT2D eigenvalue weighted by atomic mass is 16.5. The van der Waals surface area contributed by atoms with E-state index in [0.717, 1.165) is 13.2 Å². The molecule has 0 aliphatic rings. The second-order valence-corrected chi connectivity index (χ2v) is 5.02. The first-order valence-electron chi connectivity index (χ1n) is 7.57. The predicted molar refractivity (Wildman–Crippen MR) is 76.6 cm³/mol. The Kier molecular flexibility index (Phi) is 13.9. The maximum absolute atomic E-state index is 5.25. The molecule has 0 aliphatic carbocycles. The zero-order valence-electron chi connectivity index (χ0n) is 12.3. The van der Waals surface area contributed by atoms with Crippen molar-refractivity contribution >= 4 is 0 Å². The van der Waals surface area contributed by atoms with Crippen molar-refractivity contribution in [1.82, 2.24) is 5.32 Å². The fourth-order valence-corrected chi connectivity index (χ4v) is 2.14. The summed E-state index contributed by atoms with van der Waals surface area (Å²) in [7, 11) is 1.80. The number of nitrogens with one attached hydrogen (secondary N) is 1. The number of ether oxygens (including phenoxy) is 1. The zero-order valence-corrected chi connectivity index (χ0v) is 12.3. The number of hydrogen-bond acceptors (Lipinski definition) is 2. The van der Waals surface area contributed by atoms with Crippen molar-refractivity contribution in [1.29, 1.82) is 0 Å². The predicted octanol–water partition coefficient (Wildman–Crippen LogP) is 4.14. The maximum atomic E-state index is 5.25. The molecule has 0 aromatic heterocycles. The lowest BCUT2D eigenvalue weighted by Gasteiger charge is -2.17. The summed E-state index contributed by atoms with van der Waals surface area (Å²) >= 11 is 0. The maximum Gasteiger partial charge on any atom is 0.0615 e. The first-order chi connectivity index (χ1) is 8.35. The first kappa shape index (κ1) is 16.9. The Labute approximate surface area is 109 Å². The van der Waals surface area contributed by atoms with Crippen LogP contribution in [0.2, 0.25) is 0 Å². The van der Waals surface area contributed by atoms with Crippen LogP contribution in [0.15, 0.2) is 0 Å². The standard InChI is InChI=1S/C15H33NO/c1-4-6-7-8-9-10-11-12-15(14-17-3)16-13-5-2/h15-16H,4-14H2,1-3H3. The minimum Gasteiger partial charge on any atom is -0.383 e. The lowest BCUT2D eigenvalue weighted by Crippen LogP contribution is -2.33. The Morgan fingerprint density at radius 2 is 1.53 bits per heavy atom. The molecule has 1 atom stereocenters. The highest BCUT2D eigenvalue weighted by Crippen LogP contribution is 2.10. The molecular weight excluding hydrogens is 210 g/mol. The van der Waals surface area contributed by atoms with Crippen LogP contribution in [0.3, 0.4) is 0 Å². The third-order valence-electron chi connectivity index (χ3n) is 3.21. The third kappa shape index (κ3) is 12.2. The molecule has 0 spiro atoms. The van der Waals surface area contributed by atoms with E-state index in [9.17, 15) is 0 Å². The molecule has 0 fully saturated rings. The molecule has 0 rings (SSSR count). The highest BCUT2D eigenvalue weighted by Gasteiger charge is 2.06. The van der Waals surface area contributed by atoms with Crippen LogP contribution >= 0.6 is 0 Å². The van der Waals surface area contributed by atoms with Crippen LogP contribution in [0.5, 0.6) is 0 Å². The van der Waals surface area contributed by atoms with E-state index in [1.54, 1.807) is 7.11 Å². The van der Waals surface area contributed by atoms with Gasteiger partial charge in [0, 0.05) is 13.2 Å². The minimum atomic E-state index is 0.565. The molecule has 0 aliphatic heterocycles. The van der Waals surface area contributed by atoms with Crippen LogP contribution in [0.4, 0.5) is 0 Å². The van der Waals surface area contributed by atoms with Gasteiger partial charge in [-0.1, -0.05) is 58.8 Å². The lowest BCUT2D eigenvalue weighted by molar-refractivity contribution is 0.161. The Morgan fingerprint density at radius 3 is 2.12 bits per heavy atom. The smallest absolute Gasteiger partial charge is 0.0615 e. The Morgan fingerprint density at radius 1 is 0.882 bits per heavy atom. The number of methoxy groups -OCH3 is 1. The topological polar surface area (TPSA) is 21.3 Å². The minimum absolute atomic E-state index is 0.565. The molecule has 2 heteroatoms. The van der Waals surface area contributed by atoms with Crippen molar-refractivity contribution in [2.24, 2.45) is 0 Å². The summed E-state index contributed by atoms with van der Waals surface area (Å²) in [5.41, 5.74) is 0. The summed E-state index contributed by atoms with van der Waals surface area (Å²) in [5, 5.41) is 3.56. The van der Waals surface area contributed by atoms with Gasteiger partial charge in [0.2, 0.25) is 0 Å². The zero-order chi connectivity index (χ0) is 12.8. The Balaban J connectivity index is 3.34. The van der Waals surface area contributed by atoms with Gasteiger partial charge in [-0.15, -0.1) is 0 Å². The van der Waals surface area contributed by atoms with E-state index in [1.165, 1.54) is 57.8 Å². The number of unbranched alkanes of at least 4 members (excludes halogenated alkanes) is 6. The second-order valence-electron chi connectivity index (χ2n) is 5.02. The van der Waals surface area contributed by atoms with Crippen LogP contribution in [0, 0.1) is 0 Å². The third-order valence-corrected chi connectivity index (χ3v) is 3.21. The van der Waals surface area contributed by atoms with Gasteiger partial charge in [0.05, 0.1) is 6.61 Å². The number of hydrogen-bond donors (Lipinski definition) is 1. The van der Waals surface area contributed by atoms with E-state index in [2.05, 4.69) is 19.2 Å². The van der Waals surface area contributed by atoms with Gasteiger partial charge in [-0.05, 0) is 19.4 Å². The molecule has 0 bridgehead atoms. The molecule has 2 nitrogen and oxygen atoms in total. The largest absolute Gasteiger partial charge is 0.383 e. The Bertz CT molecular complexity index is 139. The van der Waals surface area contributed by atoms with Crippen molar-refractivity contribution in [3.63, 3.8) is 0 Å². The van der Waals surface area contributed by atoms with Crippen LogP contribution in [-0.4, -0.2) is 26.3 Å². The molecule has 0 saturated heterocycles. The molecule has 1 unspecified atom stereocenters. The molecule has 0 radical (unpaired) electrons. The van der Waals surface area contributed by atoms with Gasteiger partial charge >= 0.3 is 0 Å². The average Bonchev–Trinajstić information content (AvgIpc) is 2.34. The van der Waals surface area contributed by atoms with Gasteiger partial charge < -0.3 is 10.1 Å². The van der Waals surface area contributed by atoms with E-state index in [1.807, 2.05) is 0 Å². The summed E-state index contributed by atoms with van der Waals surface area (Å²) < 4.78 is 5.25. The highest BCUT2D eigenvalue weighted by molar-refractivity contribution is 4.65. The second kappa shape index (κ2) is 14.0. The van der Waals surface area contributed by atoms with Gasteiger partial charge in [-0.3, -0.25) is 0 Å². The van der Waals surface area contributed by atoms with Crippen molar-refractivity contribution in [2.45, 2.75) is 77.7 Å². The van der Waals surface area contributed by atoms with Crippen LogP contribution in [0.1, 0.15) is 71.6 Å². The molecule has 0 amide bonds. The molecule has 1 N–H and O–H groups in total. The fourth-order valence-electron chi connectivity index (χ4n) is 2.14. The van der Waals surface area contributed by atoms with Gasteiger partial charge in [0.15, 0.2) is 0 Å². The number of rotatable bonds is 13. The lowest BCUT2D eigenvalue weighted by atomic mass is 10.1. The molecule has 0 aromatic rings. The molecule has 0 heterocycles. The summed E-state index contributed by atoms with van der Waals surface area (Å²) in [6.07, 6.45) is 12.2. The molecule has 17 heavy (non-hydrogen) atoms. The van der Waals surface area contributed by atoms with E-state index >= 15 is 0 Å². The van der Waals surface area contributed by atoms with E-state index in [-0.39, 0.29) is 0 Å². The van der Waals surface area contributed by atoms with Crippen LogP contribution < -0.4 is 5.32 Å². The summed E-state index contributed by atoms with van der Waals surface area (Å²) in [5.74, 6) is 0. The van der Waals surface area contributed by atoms with Crippen molar-refractivity contribution in [3.8, 4) is 0 Å². The van der Waals surface area contributed by atoms with Gasteiger partial charge in [-0.25, -0.2) is 0 Å². The SMILES string of the molecule is CCCCCCCCCC(COC)NCCC. The monoisotopic (exact) mass is 243 g/mol. The van der Waals surface area contributed by atoms with Gasteiger partial charge in [-0.2, -0.15) is 0 Å². The van der Waals surface area contributed by atoms with Crippen molar-refractivity contribution < 1.29 is 4.74 Å². The Hall–Kier alpha value is -0.0800. The fraction of sp³-hybridized carbons (Fsp3) is 1.00. The first-order valence-corrected chi connectivity index (χ1v) is 7.57. The van der Waals surface area contributed by atoms with Crippen molar-refractivity contribution in [3.05, 3.63) is 0 Å². The summed E-state index contributed by atoms with van der Waals surface area (Å²) in [4.78, 5) is 0. The average molecular weight is 243 g/mol. The molecule has 0 aromatic carbocycles. The normalized spacial score (nSPS) is 12.9. The van der Waals surface area contributed by atoms with E-state index in [0.29, 0.717) is 6.04 Å². The van der Waals surface area contributed by atoms with Crippen molar-refractivity contribution in [2.75, 3.05) is 20.3 Å². The molecule has 104 valence electrons. The van der Waals surface area contributed by atoms with E-state index < -0.39 is 0 Å². The van der Waals surface area contributed by atoms with Gasteiger partial charge in [0.25, 0.3) is 0 Å². The van der Waals surface area contributed by atoms with Gasteiger partial charge in [0.1, 0.15) is 0 Å². The quantitative estimate of drug-likeness (QED) is 0.491. The van der Waals surface area contributed by atoms with Crippen LogP contribution in [-0.2, 0) is 4.74 Å². The summed E-state index contributed by atoms with van der Waals surface area (Å²) in [6.45, 7) is 6.46. The van der Waals surface area contributed by atoms with Crippen LogP contribution in [0.25, 0.3) is 0 Å². The molecule has 0 saturated carbocycles. The molecular formula is C15H33NO. The summed E-state index contributed by atoms with van der Waals surface area (Å²) in [6, 6.07) is 0.565. The van der Waals surface area contributed by atoms with E-state index in [4.69, 9.17) is 4.74 Å².